The van der Waals surface area contributed by atoms with Gasteiger partial charge in [-0.3, -0.25) is 4.79 Å². The highest BCUT2D eigenvalue weighted by Gasteiger charge is 2.75. The predicted octanol–water partition coefficient (Wildman–Crippen LogP) is 0.358. The topological polar surface area (TPSA) is 151 Å². The molecule has 0 aliphatic heterocycles. The van der Waals surface area contributed by atoms with Crippen LogP contribution in [0.3, 0.4) is 0 Å². The van der Waals surface area contributed by atoms with Crippen molar-refractivity contribution in [2.45, 2.75) is 38.1 Å². The molecule has 1 unspecified atom stereocenters. The van der Waals surface area contributed by atoms with Crippen LogP contribution in [0.5, 0.6) is 0 Å². The first-order valence-electron chi connectivity index (χ1n) is 10.2. The number of benzene rings is 1. The Bertz CT molecular complexity index is 1180. The molecule has 2 saturated carbocycles. The molecule has 1 aromatic carbocycles. The number of aliphatic hydroxyl groups excluding tert-OH is 2. The van der Waals surface area contributed by atoms with Crippen LogP contribution in [-0.4, -0.2) is 54.9 Å². The molecule has 1 amide bonds. The Morgan fingerprint density at radius 2 is 2.16 bits per heavy atom. The highest BCUT2D eigenvalue weighted by atomic mass is 16.3. The summed E-state index contributed by atoms with van der Waals surface area (Å²) in [5.41, 5.74) is 8.22. The van der Waals surface area contributed by atoms with Gasteiger partial charge in [0, 0.05) is 19.5 Å². The molecule has 5 rings (SSSR count). The molecule has 2 aromatic heterocycles. The molecular formula is C21H25N7O3. The van der Waals surface area contributed by atoms with E-state index in [-0.39, 0.29) is 17.8 Å². The van der Waals surface area contributed by atoms with Gasteiger partial charge in [0.25, 0.3) is 0 Å². The lowest BCUT2D eigenvalue weighted by Crippen LogP contribution is -2.41. The van der Waals surface area contributed by atoms with Crippen molar-refractivity contribution in [2.24, 2.45) is 11.3 Å². The standard InChI is InChI=1S/C21H25N7O3/c1-10-4-3-5-11(6-10)8-24-17-13-18(27-20(22)26-17)28(9-25-13)14-12-7-21(12,19(31)23-2)16(30)15(14)29/h3-6,9,12,14-16,29-30H,7-8H2,1-2H3,(H,23,31)(H3,22,24,26,27)/t12-,14-,15-,16?,21+/m1/s1. The highest BCUT2D eigenvalue weighted by molar-refractivity contribution is 5.88. The first-order chi connectivity index (χ1) is 14.9. The number of carbonyl (C=O) groups excluding carboxylic acids is 1. The Balaban J connectivity index is 1.49. The molecule has 6 N–H and O–H groups in total. The Labute approximate surface area is 178 Å². The first kappa shape index (κ1) is 19.7. The van der Waals surface area contributed by atoms with E-state index in [1.165, 1.54) is 7.05 Å². The molecule has 10 heteroatoms. The van der Waals surface area contributed by atoms with Crippen LogP contribution in [0.4, 0.5) is 11.8 Å². The average molecular weight is 423 g/mol. The number of aliphatic hydroxyl groups is 2. The van der Waals surface area contributed by atoms with Gasteiger partial charge in [0.05, 0.1) is 23.9 Å². The molecule has 5 atom stereocenters. The zero-order valence-corrected chi connectivity index (χ0v) is 17.3. The van der Waals surface area contributed by atoms with E-state index in [4.69, 9.17) is 5.73 Å². The van der Waals surface area contributed by atoms with Gasteiger partial charge in [0.1, 0.15) is 6.10 Å². The maximum Gasteiger partial charge on any atom is 0.229 e. The minimum atomic E-state index is -1.15. The van der Waals surface area contributed by atoms with Crippen molar-refractivity contribution in [3.05, 3.63) is 41.7 Å². The zero-order valence-electron chi connectivity index (χ0n) is 17.3. The number of aromatic nitrogens is 4. The number of nitrogens with two attached hydrogens (primary N) is 1. The largest absolute Gasteiger partial charge is 0.389 e. The lowest BCUT2D eigenvalue weighted by atomic mass is 9.98. The van der Waals surface area contributed by atoms with Gasteiger partial charge in [-0.05, 0) is 18.9 Å². The Morgan fingerprint density at radius 1 is 1.35 bits per heavy atom. The van der Waals surface area contributed by atoms with E-state index in [9.17, 15) is 15.0 Å². The fourth-order valence-corrected chi connectivity index (χ4v) is 5.07. The van der Waals surface area contributed by atoms with Gasteiger partial charge in [-0.1, -0.05) is 29.8 Å². The molecule has 0 radical (unpaired) electrons. The summed E-state index contributed by atoms with van der Waals surface area (Å²) in [5.74, 6) is 0.0897. The van der Waals surface area contributed by atoms with Gasteiger partial charge in [0.2, 0.25) is 11.9 Å². The smallest absolute Gasteiger partial charge is 0.229 e. The SMILES string of the molecule is CNC(=O)[C@@]12C[C@@H]1[C@@H](n1cnc3c(NCc4cccc(C)c4)nc(N)nc31)[C@@H](O)C2O. The van der Waals surface area contributed by atoms with Crippen molar-refractivity contribution < 1.29 is 15.0 Å². The van der Waals surface area contributed by atoms with Gasteiger partial charge < -0.3 is 31.1 Å². The number of nitrogen functional groups attached to an aromatic ring is 1. The first-order valence-corrected chi connectivity index (χ1v) is 10.2. The number of carbonyl (C=O) groups is 1. The number of amides is 1. The molecule has 10 nitrogen and oxygen atoms in total. The molecule has 2 aliphatic carbocycles. The van der Waals surface area contributed by atoms with E-state index >= 15 is 0 Å². The Hall–Kier alpha value is -3.24. The number of rotatable bonds is 5. The average Bonchev–Trinajstić information content (AvgIpc) is 3.29. The van der Waals surface area contributed by atoms with Crippen LogP contribution >= 0.6 is 0 Å². The Morgan fingerprint density at radius 3 is 2.90 bits per heavy atom. The van der Waals surface area contributed by atoms with Crippen LogP contribution in [0.25, 0.3) is 11.2 Å². The molecule has 31 heavy (non-hydrogen) atoms. The third-order valence-electron chi connectivity index (χ3n) is 6.62. The number of anilines is 2. The predicted molar refractivity (Wildman–Crippen MR) is 114 cm³/mol. The minimum absolute atomic E-state index is 0.0717. The summed E-state index contributed by atoms with van der Waals surface area (Å²) < 4.78 is 1.71. The van der Waals surface area contributed by atoms with Crippen molar-refractivity contribution in [1.29, 1.82) is 0 Å². The van der Waals surface area contributed by atoms with E-state index in [2.05, 4.69) is 31.7 Å². The van der Waals surface area contributed by atoms with E-state index in [0.717, 1.165) is 11.1 Å². The van der Waals surface area contributed by atoms with Crippen LogP contribution in [0, 0.1) is 18.3 Å². The van der Waals surface area contributed by atoms with E-state index in [0.29, 0.717) is 29.9 Å². The molecule has 2 heterocycles. The molecule has 3 aromatic rings. The summed E-state index contributed by atoms with van der Waals surface area (Å²) in [7, 11) is 1.53. The quantitative estimate of drug-likeness (QED) is 0.394. The second kappa shape index (κ2) is 6.89. The summed E-state index contributed by atoms with van der Waals surface area (Å²) in [6, 6.07) is 7.59. The number of imidazole rings is 1. The van der Waals surface area contributed by atoms with E-state index in [1.54, 1.807) is 10.9 Å². The lowest BCUT2D eigenvalue weighted by molar-refractivity contribution is -0.132. The van der Waals surface area contributed by atoms with Gasteiger partial charge in [-0.15, -0.1) is 0 Å². The van der Waals surface area contributed by atoms with Crippen molar-refractivity contribution in [3.8, 4) is 0 Å². The maximum atomic E-state index is 12.4. The third kappa shape index (κ3) is 2.86. The van der Waals surface area contributed by atoms with Crippen LogP contribution < -0.4 is 16.4 Å². The number of hydrogen-bond acceptors (Lipinski definition) is 8. The third-order valence-corrected chi connectivity index (χ3v) is 6.62. The van der Waals surface area contributed by atoms with Gasteiger partial charge in [-0.2, -0.15) is 9.97 Å². The van der Waals surface area contributed by atoms with Crippen LogP contribution in [-0.2, 0) is 11.3 Å². The molecule has 0 spiro atoms. The van der Waals surface area contributed by atoms with Crippen LogP contribution in [0.15, 0.2) is 30.6 Å². The molecular weight excluding hydrogens is 398 g/mol. The zero-order chi connectivity index (χ0) is 21.9. The monoisotopic (exact) mass is 423 g/mol. The summed E-state index contributed by atoms with van der Waals surface area (Å²) in [4.78, 5) is 25.5. The minimum Gasteiger partial charge on any atom is -0.389 e. The fourth-order valence-electron chi connectivity index (χ4n) is 5.07. The Kier molecular flexibility index (Phi) is 4.38. The maximum absolute atomic E-state index is 12.4. The van der Waals surface area contributed by atoms with Gasteiger partial charge in [-0.25, -0.2) is 4.98 Å². The normalized spacial score (nSPS) is 29.0. The second-order valence-corrected chi connectivity index (χ2v) is 8.45. The van der Waals surface area contributed by atoms with Crippen LogP contribution in [0.1, 0.15) is 23.6 Å². The number of aryl methyl sites for hydroxylation is 1. The molecule has 0 bridgehead atoms. The number of hydrogen-bond donors (Lipinski definition) is 5. The van der Waals surface area contributed by atoms with Crippen molar-refractivity contribution >= 4 is 28.8 Å². The molecule has 2 aliphatic rings. The lowest BCUT2D eigenvalue weighted by Gasteiger charge is -2.23. The summed E-state index contributed by atoms with van der Waals surface area (Å²) in [5, 5.41) is 27.3. The summed E-state index contributed by atoms with van der Waals surface area (Å²) >= 11 is 0. The number of fused-ring (bicyclic) bond motifs is 2. The highest BCUT2D eigenvalue weighted by Crippen LogP contribution is 2.67. The van der Waals surface area contributed by atoms with Crippen molar-refractivity contribution in [2.75, 3.05) is 18.1 Å². The van der Waals surface area contributed by atoms with Crippen molar-refractivity contribution in [3.63, 3.8) is 0 Å². The molecule has 162 valence electrons. The van der Waals surface area contributed by atoms with E-state index < -0.39 is 23.7 Å². The molecule has 2 fully saturated rings. The van der Waals surface area contributed by atoms with Gasteiger partial charge >= 0.3 is 0 Å². The fraction of sp³-hybridized carbons (Fsp3) is 0.429. The number of nitrogens with zero attached hydrogens (tertiary/aromatic N) is 4. The van der Waals surface area contributed by atoms with Crippen molar-refractivity contribution in [1.82, 2.24) is 24.8 Å². The van der Waals surface area contributed by atoms with Gasteiger partial charge in [0.15, 0.2) is 17.0 Å². The second-order valence-electron chi connectivity index (χ2n) is 8.45. The van der Waals surface area contributed by atoms with Crippen LogP contribution in [0.2, 0.25) is 0 Å². The van der Waals surface area contributed by atoms with E-state index in [1.807, 2.05) is 25.1 Å². The summed E-state index contributed by atoms with van der Waals surface area (Å²) in [6.45, 7) is 2.57. The number of nitrogens with one attached hydrogen (secondary N) is 2. The summed E-state index contributed by atoms with van der Waals surface area (Å²) in [6.07, 6.45) is -0.213. The molecule has 0 saturated heterocycles.